The molecule has 1 aromatic carbocycles. The Hall–Kier alpha value is -1.84. The third kappa shape index (κ3) is 5.98. The van der Waals surface area contributed by atoms with Crippen molar-refractivity contribution >= 4 is 11.9 Å². The molecule has 1 unspecified atom stereocenters. The summed E-state index contributed by atoms with van der Waals surface area (Å²) in [5, 5.41) is 11.5. The van der Waals surface area contributed by atoms with Gasteiger partial charge in [-0.2, -0.15) is 0 Å². The highest BCUT2D eigenvalue weighted by Gasteiger charge is 2.27. The highest BCUT2D eigenvalue weighted by Crippen LogP contribution is 2.23. The fourth-order valence-corrected chi connectivity index (χ4v) is 2.07. The van der Waals surface area contributed by atoms with Crippen LogP contribution in [0.15, 0.2) is 30.3 Å². The smallest absolute Gasteiger partial charge is 0.308 e. The number of carboxylic acid groups (broad SMARTS) is 1. The molecule has 116 valence electrons. The molecule has 1 atom stereocenters. The Bertz CT molecular complexity index is 468. The number of rotatable bonds is 8. The molecular weight excluding hydrogens is 266 g/mol. The van der Waals surface area contributed by atoms with Crippen LogP contribution in [0, 0.1) is 11.3 Å². The highest BCUT2D eigenvalue weighted by atomic mass is 16.4. The van der Waals surface area contributed by atoms with Gasteiger partial charge in [0.25, 0.3) is 0 Å². The first kappa shape index (κ1) is 17.2. The Balaban J connectivity index is 2.38. The lowest BCUT2D eigenvalue weighted by atomic mass is 9.85. The van der Waals surface area contributed by atoms with Crippen molar-refractivity contribution in [1.29, 1.82) is 0 Å². The maximum Gasteiger partial charge on any atom is 0.308 e. The Morgan fingerprint density at radius 1 is 1.24 bits per heavy atom. The molecule has 0 aliphatic heterocycles. The van der Waals surface area contributed by atoms with E-state index in [2.05, 4.69) is 17.4 Å². The molecule has 1 rings (SSSR count). The number of aliphatic carboxylic acids is 1. The Morgan fingerprint density at radius 3 is 2.43 bits per heavy atom. The van der Waals surface area contributed by atoms with Gasteiger partial charge in [0.1, 0.15) is 0 Å². The maximum atomic E-state index is 12.1. The zero-order valence-electron chi connectivity index (χ0n) is 13.1. The highest BCUT2D eigenvalue weighted by molar-refractivity contribution is 5.82. The van der Waals surface area contributed by atoms with Gasteiger partial charge >= 0.3 is 5.97 Å². The van der Waals surface area contributed by atoms with Gasteiger partial charge in [0.2, 0.25) is 5.91 Å². The molecule has 0 spiro atoms. The van der Waals surface area contributed by atoms with Crippen molar-refractivity contribution in [2.24, 2.45) is 11.3 Å². The van der Waals surface area contributed by atoms with Gasteiger partial charge in [0, 0.05) is 12.0 Å². The summed E-state index contributed by atoms with van der Waals surface area (Å²) in [6.45, 7) is 5.57. The molecule has 0 bridgehead atoms. The minimum Gasteiger partial charge on any atom is -0.481 e. The van der Waals surface area contributed by atoms with Gasteiger partial charge in [-0.1, -0.05) is 51.1 Å². The monoisotopic (exact) mass is 291 g/mol. The van der Waals surface area contributed by atoms with Crippen molar-refractivity contribution < 1.29 is 14.7 Å². The van der Waals surface area contributed by atoms with Gasteiger partial charge in [-0.05, 0) is 24.8 Å². The first-order valence-corrected chi connectivity index (χ1v) is 7.38. The Morgan fingerprint density at radius 2 is 1.86 bits per heavy atom. The normalized spacial score (nSPS) is 12.7. The second kappa shape index (κ2) is 7.81. The summed E-state index contributed by atoms with van der Waals surface area (Å²) in [4.78, 5) is 22.9. The van der Waals surface area contributed by atoms with Crippen LogP contribution >= 0.6 is 0 Å². The van der Waals surface area contributed by atoms with Crippen molar-refractivity contribution in [3.8, 4) is 0 Å². The predicted molar refractivity (Wildman–Crippen MR) is 83.0 cm³/mol. The number of nitrogens with one attached hydrogen (secondary N) is 1. The molecule has 2 N–H and O–H groups in total. The minimum absolute atomic E-state index is 0.0799. The Kier molecular flexibility index (Phi) is 6.40. The van der Waals surface area contributed by atoms with Crippen LogP contribution in [0.4, 0.5) is 0 Å². The SMILES string of the molecule is CC(CNC(=O)C(C)(C)CCCc1ccccc1)C(=O)O. The summed E-state index contributed by atoms with van der Waals surface area (Å²) in [7, 11) is 0. The number of carbonyl (C=O) groups excluding carboxylic acids is 1. The second-order valence-corrected chi connectivity index (χ2v) is 6.17. The first-order valence-electron chi connectivity index (χ1n) is 7.38. The number of carbonyl (C=O) groups is 2. The van der Waals surface area contributed by atoms with Crippen LogP contribution in [0.1, 0.15) is 39.2 Å². The van der Waals surface area contributed by atoms with Gasteiger partial charge in [0.05, 0.1) is 5.92 Å². The van der Waals surface area contributed by atoms with Crippen LogP contribution in [0.2, 0.25) is 0 Å². The van der Waals surface area contributed by atoms with Crippen molar-refractivity contribution in [1.82, 2.24) is 5.32 Å². The average molecular weight is 291 g/mol. The number of hydrogen-bond acceptors (Lipinski definition) is 2. The number of hydrogen-bond donors (Lipinski definition) is 2. The molecule has 1 amide bonds. The average Bonchev–Trinajstić information content (AvgIpc) is 2.45. The summed E-state index contributed by atoms with van der Waals surface area (Å²) < 4.78 is 0. The van der Waals surface area contributed by atoms with E-state index >= 15 is 0 Å². The topological polar surface area (TPSA) is 66.4 Å². The maximum absolute atomic E-state index is 12.1. The third-order valence-corrected chi connectivity index (χ3v) is 3.72. The molecule has 21 heavy (non-hydrogen) atoms. The summed E-state index contributed by atoms with van der Waals surface area (Å²) in [5.41, 5.74) is 0.792. The summed E-state index contributed by atoms with van der Waals surface area (Å²) >= 11 is 0. The zero-order valence-corrected chi connectivity index (χ0v) is 13.1. The molecule has 0 saturated carbocycles. The summed E-state index contributed by atoms with van der Waals surface area (Å²) in [6, 6.07) is 10.2. The molecule has 1 aromatic rings. The molecule has 0 fully saturated rings. The standard InChI is InChI=1S/C17H25NO3/c1-13(15(19)20)12-18-16(21)17(2,3)11-7-10-14-8-5-4-6-9-14/h4-6,8-9,13H,7,10-12H2,1-3H3,(H,18,21)(H,19,20). The lowest BCUT2D eigenvalue weighted by Gasteiger charge is -2.24. The fourth-order valence-electron chi connectivity index (χ4n) is 2.07. The van der Waals surface area contributed by atoms with E-state index in [0.29, 0.717) is 0 Å². The van der Waals surface area contributed by atoms with E-state index in [1.165, 1.54) is 5.56 Å². The third-order valence-electron chi connectivity index (χ3n) is 3.72. The van der Waals surface area contributed by atoms with Crippen molar-refractivity contribution in [2.45, 2.75) is 40.0 Å². The van der Waals surface area contributed by atoms with E-state index in [1.807, 2.05) is 32.0 Å². The van der Waals surface area contributed by atoms with Gasteiger partial charge in [-0.15, -0.1) is 0 Å². The first-order chi connectivity index (χ1) is 9.83. The van der Waals surface area contributed by atoms with Crippen molar-refractivity contribution in [3.05, 3.63) is 35.9 Å². The predicted octanol–water partition coefficient (Wildman–Crippen LogP) is 2.87. The minimum atomic E-state index is -0.891. The van der Waals surface area contributed by atoms with Crippen molar-refractivity contribution in [2.75, 3.05) is 6.54 Å². The summed E-state index contributed by atoms with van der Waals surface area (Å²) in [6.07, 6.45) is 2.65. The number of aryl methyl sites for hydroxylation is 1. The van der Waals surface area contributed by atoms with Crippen molar-refractivity contribution in [3.63, 3.8) is 0 Å². The lowest BCUT2D eigenvalue weighted by Crippen LogP contribution is -2.40. The quantitative estimate of drug-likeness (QED) is 0.774. The molecular formula is C17H25NO3. The Labute approximate surface area is 126 Å². The van der Waals surface area contributed by atoms with E-state index in [9.17, 15) is 9.59 Å². The van der Waals surface area contributed by atoms with Crippen LogP contribution in [0.5, 0.6) is 0 Å². The molecule has 0 saturated heterocycles. The van der Waals surface area contributed by atoms with E-state index in [1.54, 1.807) is 6.92 Å². The fraction of sp³-hybridized carbons (Fsp3) is 0.529. The molecule has 0 heterocycles. The van der Waals surface area contributed by atoms with Gasteiger partial charge < -0.3 is 10.4 Å². The number of benzene rings is 1. The summed E-state index contributed by atoms with van der Waals surface area (Å²) in [5.74, 6) is -1.53. The van der Waals surface area contributed by atoms with E-state index in [4.69, 9.17) is 5.11 Å². The molecule has 0 aliphatic rings. The van der Waals surface area contributed by atoms with Crippen LogP contribution < -0.4 is 5.32 Å². The van der Waals surface area contributed by atoms with Gasteiger partial charge in [-0.25, -0.2) is 0 Å². The van der Waals surface area contributed by atoms with Crippen LogP contribution in [-0.4, -0.2) is 23.5 Å². The van der Waals surface area contributed by atoms with Gasteiger partial charge in [0.15, 0.2) is 0 Å². The lowest BCUT2D eigenvalue weighted by molar-refractivity contribution is -0.141. The number of carboxylic acids is 1. The molecule has 0 radical (unpaired) electrons. The van der Waals surface area contributed by atoms with Crippen LogP contribution in [0.25, 0.3) is 0 Å². The van der Waals surface area contributed by atoms with E-state index < -0.39 is 17.3 Å². The zero-order chi connectivity index (χ0) is 15.9. The van der Waals surface area contributed by atoms with E-state index in [0.717, 1.165) is 19.3 Å². The molecule has 0 aliphatic carbocycles. The van der Waals surface area contributed by atoms with E-state index in [-0.39, 0.29) is 12.5 Å². The van der Waals surface area contributed by atoms with Gasteiger partial charge in [-0.3, -0.25) is 9.59 Å². The number of amides is 1. The second-order valence-electron chi connectivity index (χ2n) is 6.17. The molecule has 4 nitrogen and oxygen atoms in total. The molecule has 4 heteroatoms. The van der Waals surface area contributed by atoms with Crippen LogP contribution in [0.3, 0.4) is 0 Å². The molecule has 0 aromatic heterocycles. The largest absolute Gasteiger partial charge is 0.481 e. The van der Waals surface area contributed by atoms with Crippen LogP contribution in [-0.2, 0) is 16.0 Å².